The highest BCUT2D eigenvalue weighted by molar-refractivity contribution is 5.67. The molecule has 8 heteroatoms. The zero-order chi connectivity index (χ0) is 17.3. The minimum atomic E-state index is -0.632. The monoisotopic (exact) mass is 329 g/mol. The number of ether oxygens (including phenoxy) is 1. The lowest BCUT2D eigenvalue weighted by Gasteiger charge is -2.30. The Morgan fingerprint density at radius 2 is 1.83 bits per heavy atom. The van der Waals surface area contributed by atoms with Crippen LogP contribution in [0.5, 0.6) is 5.75 Å². The molecule has 0 fully saturated rings. The van der Waals surface area contributed by atoms with E-state index in [1.165, 1.54) is 17.7 Å². The summed E-state index contributed by atoms with van der Waals surface area (Å²) in [5, 5.41) is 22.2. The molecule has 0 unspecified atom stereocenters. The van der Waals surface area contributed by atoms with E-state index in [0.29, 0.717) is 18.8 Å². The van der Waals surface area contributed by atoms with Crippen molar-refractivity contribution in [1.29, 1.82) is 0 Å². The molecule has 0 aliphatic carbocycles. The van der Waals surface area contributed by atoms with Gasteiger partial charge in [0.25, 0.3) is 11.4 Å². The van der Waals surface area contributed by atoms with Crippen molar-refractivity contribution in [1.82, 2.24) is 0 Å². The van der Waals surface area contributed by atoms with Crippen molar-refractivity contribution in [2.75, 3.05) is 18.6 Å². The standard InChI is InChI=1S/C16H15N3O5/c1-24-14-4-2-11-6-7-17(10-12(11)8-14)15-5-3-13(18(20)21)9-16(15)19(22)23/h2-5,8-9H,6-7,10H2,1H3. The van der Waals surface area contributed by atoms with Crippen LogP contribution in [0.25, 0.3) is 0 Å². The molecular weight excluding hydrogens is 314 g/mol. The third kappa shape index (κ3) is 2.85. The first kappa shape index (κ1) is 15.7. The Kier molecular flexibility index (Phi) is 4.03. The van der Waals surface area contributed by atoms with Gasteiger partial charge in [-0.05, 0) is 35.7 Å². The van der Waals surface area contributed by atoms with E-state index in [0.717, 1.165) is 23.8 Å². The summed E-state index contributed by atoms with van der Waals surface area (Å²) < 4.78 is 5.22. The number of benzene rings is 2. The minimum absolute atomic E-state index is 0.254. The van der Waals surface area contributed by atoms with Gasteiger partial charge in [-0.3, -0.25) is 20.2 Å². The lowest BCUT2D eigenvalue weighted by molar-refractivity contribution is -0.393. The summed E-state index contributed by atoms with van der Waals surface area (Å²) in [7, 11) is 1.59. The maximum absolute atomic E-state index is 11.3. The molecule has 2 aromatic carbocycles. The first-order valence-electron chi connectivity index (χ1n) is 7.33. The van der Waals surface area contributed by atoms with Crippen LogP contribution in [0.15, 0.2) is 36.4 Å². The minimum Gasteiger partial charge on any atom is -0.497 e. The van der Waals surface area contributed by atoms with Crippen molar-refractivity contribution in [2.45, 2.75) is 13.0 Å². The van der Waals surface area contributed by atoms with Crippen molar-refractivity contribution in [3.05, 3.63) is 67.8 Å². The van der Waals surface area contributed by atoms with Crippen molar-refractivity contribution in [2.24, 2.45) is 0 Å². The van der Waals surface area contributed by atoms with Gasteiger partial charge < -0.3 is 9.64 Å². The average Bonchev–Trinajstić information content (AvgIpc) is 2.60. The van der Waals surface area contributed by atoms with Crippen LogP contribution in [-0.4, -0.2) is 23.5 Å². The summed E-state index contributed by atoms with van der Waals surface area (Å²) in [5.41, 5.74) is 2.06. The molecule has 0 saturated carbocycles. The number of anilines is 1. The van der Waals surface area contributed by atoms with Crippen molar-refractivity contribution in [3.63, 3.8) is 0 Å². The van der Waals surface area contributed by atoms with Gasteiger partial charge in [0, 0.05) is 19.2 Å². The summed E-state index contributed by atoms with van der Waals surface area (Å²) in [6.45, 7) is 1.10. The maximum Gasteiger partial charge on any atom is 0.299 e. The molecule has 2 aromatic rings. The molecular formula is C16H15N3O5. The third-order valence-corrected chi connectivity index (χ3v) is 4.13. The molecule has 1 aliphatic heterocycles. The zero-order valence-corrected chi connectivity index (χ0v) is 13.0. The number of fused-ring (bicyclic) bond motifs is 1. The maximum atomic E-state index is 11.3. The number of hydrogen-bond donors (Lipinski definition) is 0. The van der Waals surface area contributed by atoms with E-state index in [-0.39, 0.29) is 11.4 Å². The molecule has 0 atom stereocenters. The molecule has 0 N–H and O–H groups in total. The largest absolute Gasteiger partial charge is 0.497 e. The molecule has 0 spiro atoms. The average molecular weight is 329 g/mol. The van der Waals surface area contributed by atoms with Gasteiger partial charge in [-0.2, -0.15) is 0 Å². The Balaban J connectivity index is 1.97. The molecule has 24 heavy (non-hydrogen) atoms. The summed E-state index contributed by atoms with van der Waals surface area (Å²) in [4.78, 5) is 22.8. The number of hydrogen-bond acceptors (Lipinski definition) is 6. The first-order chi connectivity index (χ1) is 11.5. The highest BCUT2D eigenvalue weighted by Crippen LogP contribution is 2.35. The van der Waals surface area contributed by atoms with Crippen LogP contribution in [0.1, 0.15) is 11.1 Å². The number of non-ortho nitro benzene ring substituents is 1. The third-order valence-electron chi connectivity index (χ3n) is 4.13. The van der Waals surface area contributed by atoms with Crippen LogP contribution in [0, 0.1) is 20.2 Å². The van der Waals surface area contributed by atoms with Crippen LogP contribution in [0.2, 0.25) is 0 Å². The fourth-order valence-electron chi connectivity index (χ4n) is 2.91. The summed E-state index contributed by atoms with van der Waals surface area (Å²) in [6.07, 6.45) is 0.744. The fourth-order valence-corrected chi connectivity index (χ4v) is 2.91. The second-order valence-electron chi connectivity index (χ2n) is 5.49. The summed E-state index contributed by atoms with van der Waals surface area (Å²) >= 11 is 0. The van der Waals surface area contributed by atoms with E-state index >= 15 is 0 Å². The van der Waals surface area contributed by atoms with Gasteiger partial charge in [0.05, 0.1) is 23.0 Å². The number of methoxy groups -OCH3 is 1. The lowest BCUT2D eigenvalue weighted by Crippen LogP contribution is -2.30. The van der Waals surface area contributed by atoms with E-state index < -0.39 is 9.85 Å². The smallest absolute Gasteiger partial charge is 0.299 e. The van der Waals surface area contributed by atoms with E-state index in [1.807, 2.05) is 23.1 Å². The predicted molar refractivity (Wildman–Crippen MR) is 87.5 cm³/mol. The van der Waals surface area contributed by atoms with Gasteiger partial charge in [-0.1, -0.05) is 6.07 Å². The van der Waals surface area contributed by atoms with Crippen LogP contribution in [-0.2, 0) is 13.0 Å². The molecule has 124 valence electrons. The van der Waals surface area contributed by atoms with Crippen LogP contribution in [0.3, 0.4) is 0 Å². The van der Waals surface area contributed by atoms with E-state index in [1.54, 1.807) is 7.11 Å². The quantitative estimate of drug-likeness (QED) is 0.631. The van der Waals surface area contributed by atoms with Crippen molar-refractivity contribution in [3.8, 4) is 5.75 Å². The molecule has 8 nitrogen and oxygen atoms in total. The van der Waals surface area contributed by atoms with Gasteiger partial charge in [-0.25, -0.2) is 0 Å². The predicted octanol–water partition coefficient (Wildman–Crippen LogP) is 3.07. The van der Waals surface area contributed by atoms with E-state index in [2.05, 4.69) is 0 Å². The lowest BCUT2D eigenvalue weighted by atomic mass is 9.98. The number of nitro benzene ring substituents is 2. The van der Waals surface area contributed by atoms with Crippen molar-refractivity contribution >= 4 is 17.1 Å². The van der Waals surface area contributed by atoms with Gasteiger partial charge in [0.2, 0.25) is 0 Å². The number of nitro groups is 2. The number of rotatable bonds is 4. The molecule has 0 bridgehead atoms. The number of nitrogens with zero attached hydrogens (tertiary/aromatic N) is 3. The van der Waals surface area contributed by atoms with Crippen LogP contribution in [0.4, 0.5) is 17.1 Å². The Morgan fingerprint density at radius 1 is 1.04 bits per heavy atom. The summed E-state index contributed by atoms with van der Waals surface area (Å²) in [6, 6.07) is 9.55. The van der Waals surface area contributed by atoms with Crippen molar-refractivity contribution < 1.29 is 14.6 Å². The zero-order valence-electron chi connectivity index (χ0n) is 13.0. The normalized spacial score (nSPS) is 13.3. The Labute approximate surface area is 137 Å². The van der Waals surface area contributed by atoms with Gasteiger partial charge >= 0.3 is 0 Å². The second-order valence-corrected chi connectivity index (χ2v) is 5.49. The topological polar surface area (TPSA) is 98.8 Å². The highest BCUT2D eigenvalue weighted by atomic mass is 16.6. The Bertz CT molecular complexity index is 821. The van der Waals surface area contributed by atoms with Gasteiger partial charge in [-0.15, -0.1) is 0 Å². The van der Waals surface area contributed by atoms with Gasteiger partial charge in [0.1, 0.15) is 11.4 Å². The highest BCUT2D eigenvalue weighted by Gasteiger charge is 2.26. The SMILES string of the molecule is COc1ccc2c(c1)CN(c1ccc([N+](=O)[O-])cc1[N+](=O)[O-])CC2. The summed E-state index contributed by atoms with van der Waals surface area (Å²) in [5.74, 6) is 0.730. The van der Waals surface area contributed by atoms with Crippen LogP contribution < -0.4 is 9.64 Å². The molecule has 1 aliphatic rings. The fraction of sp³-hybridized carbons (Fsp3) is 0.250. The second kappa shape index (κ2) is 6.15. The van der Waals surface area contributed by atoms with E-state index in [4.69, 9.17) is 4.74 Å². The Morgan fingerprint density at radius 3 is 2.50 bits per heavy atom. The van der Waals surface area contributed by atoms with Crippen LogP contribution >= 0.6 is 0 Å². The molecule has 0 aromatic heterocycles. The Hall–Kier alpha value is -3.16. The molecule has 1 heterocycles. The first-order valence-corrected chi connectivity index (χ1v) is 7.33. The van der Waals surface area contributed by atoms with Gasteiger partial charge in [0.15, 0.2) is 0 Å². The molecule has 3 rings (SSSR count). The molecule has 0 radical (unpaired) electrons. The molecule has 0 saturated heterocycles. The van der Waals surface area contributed by atoms with E-state index in [9.17, 15) is 20.2 Å². The molecule has 0 amide bonds.